The van der Waals surface area contributed by atoms with Gasteiger partial charge in [0.1, 0.15) is 0 Å². The average molecular weight is 533 g/mol. The third-order valence-corrected chi connectivity index (χ3v) is 7.05. The maximum atomic E-state index is 13.5. The van der Waals surface area contributed by atoms with Crippen LogP contribution < -0.4 is 29.6 Å². The Labute approximate surface area is 225 Å². The number of imide groups is 1. The highest BCUT2D eigenvalue weighted by atomic mass is 16.5. The molecule has 1 aliphatic heterocycles. The van der Waals surface area contributed by atoms with E-state index in [2.05, 4.69) is 27.1 Å². The lowest BCUT2D eigenvalue weighted by atomic mass is 9.95. The second kappa shape index (κ2) is 10.7. The minimum Gasteiger partial charge on any atom is -0.493 e. The molecule has 0 atom stereocenters. The van der Waals surface area contributed by atoms with Gasteiger partial charge in [-0.2, -0.15) is 0 Å². The molecule has 0 radical (unpaired) electrons. The van der Waals surface area contributed by atoms with Crippen LogP contribution in [0.4, 0.5) is 0 Å². The third kappa shape index (κ3) is 4.26. The maximum Gasteiger partial charge on any atom is 0.259 e. The molecular weight excluding hydrogens is 500 g/mol. The minimum atomic E-state index is -0.490. The highest BCUT2D eigenvalue weighted by Gasteiger charge is 2.37. The number of hydrogen-bond donors (Lipinski definition) is 3. The first-order valence-electron chi connectivity index (χ1n) is 12.8. The number of aromatic amines is 1. The number of carbonyl (C=O) groups is 2. The Bertz CT molecular complexity index is 1610. The molecule has 2 aromatic heterocycles. The van der Waals surface area contributed by atoms with Crippen LogP contribution in [0.15, 0.2) is 36.7 Å². The monoisotopic (exact) mass is 532 g/mol. The van der Waals surface area contributed by atoms with Crippen LogP contribution in [0.3, 0.4) is 0 Å². The Kier molecular flexibility index (Phi) is 7.21. The van der Waals surface area contributed by atoms with E-state index in [1.807, 2.05) is 24.4 Å². The second-order valence-electron chi connectivity index (χ2n) is 9.10. The van der Waals surface area contributed by atoms with E-state index in [0.717, 1.165) is 30.5 Å². The highest BCUT2D eigenvalue weighted by molar-refractivity contribution is 6.51. The van der Waals surface area contributed by atoms with Crippen molar-refractivity contribution in [3.05, 3.63) is 47.8 Å². The Morgan fingerprint density at radius 1 is 0.821 bits per heavy atom. The van der Waals surface area contributed by atoms with Gasteiger partial charge in [-0.25, -0.2) is 0 Å². The Morgan fingerprint density at radius 2 is 1.46 bits per heavy atom. The number of aromatic nitrogens is 2. The van der Waals surface area contributed by atoms with Crippen molar-refractivity contribution >= 4 is 44.8 Å². The van der Waals surface area contributed by atoms with Crippen LogP contribution in [-0.4, -0.2) is 62.9 Å². The molecule has 4 aromatic rings. The fourth-order valence-corrected chi connectivity index (χ4v) is 5.33. The molecule has 2 amide bonds. The summed E-state index contributed by atoms with van der Waals surface area (Å²) in [7, 11) is 6.23. The lowest BCUT2D eigenvalue weighted by Gasteiger charge is -2.12. The van der Waals surface area contributed by atoms with Crippen LogP contribution in [0.25, 0.3) is 33.0 Å². The Hall–Kier alpha value is -4.44. The fourth-order valence-electron chi connectivity index (χ4n) is 5.33. The molecule has 5 rings (SSSR count). The van der Waals surface area contributed by atoms with Gasteiger partial charge in [0.2, 0.25) is 0 Å². The molecule has 0 aliphatic carbocycles. The first-order chi connectivity index (χ1) is 19.0. The summed E-state index contributed by atoms with van der Waals surface area (Å²) in [5.41, 5.74) is 3.23. The molecule has 0 fully saturated rings. The quantitative estimate of drug-likeness (QED) is 0.199. The van der Waals surface area contributed by atoms with E-state index in [4.69, 9.17) is 18.9 Å². The Morgan fingerprint density at radius 3 is 2.10 bits per heavy atom. The van der Waals surface area contributed by atoms with Crippen molar-refractivity contribution in [3.8, 4) is 23.0 Å². The number of carbonyl (C=O) groups excluding carboxylic acids is 2. The minimum absolute atomic E-state index is 0.245. The van der Waals surface area contributed by atoms with E-state index < -0.39 is 11.8 Å². The van der Waals surface area contributed by atoms with Crippen molar-refractivity contribution in [2.75, 3.05) is 41.5 Å². The molecule has 0 saturated heterocycles. The SMILES string of the molecule is CCNCCCn1cc(C2=C(c3c[nH]c4ccc(OC)c(OC)c34)C(=O)NC2=O)c2c(OC)c(OC)ccc21. The lowest BCUT2D eigenvalue weighted by molar-refractivity contribution is -0.122. The third-order valence-electron chi connectivity index (χ3n) is 7.05. The predicted molar refractivity (Wildman–Crippen MR) is 150 cm³/mol. The normalized spacial score (nSPS) is 13.5. The van der Waals surface area contributed by atoms with E-state index >= 15 is 0 Å². The number of nitrogens with zero attached hydrogens (tertiary/aromatic N) is 1. The molecule has 0 bridgehead atoms. The van der Waals surface area contributed by atoms with Gasteiger partial charge in [-0.05, 0) is 43.8 Å². The number of methoxy groups -OCH3 is 4. The van der Waals surface area contributed by atoms with Crippen LogP contribution >= 0.6 is 0 Å². The van der Waals surface area contributed by atoms with Crippen molar-refractivity contribution < 1.29 is 28.5 Å². The van der Waals surface area contributed by atoms with Crippen molar-refractivity contribution in [3.63, 3.8) is 0 Å². The van der Waals surface area contributed by atoms with Crippen LogP contribution in [0.1, 0.15) is 24.5 Å². The van der Waals surface area contributed by atoms with Crippen LogP contribution in [0.2, 0.25) is 0 Å². The van der Waals surface area contributed by atoms with Gasteiger partial charge < -0.3 is 33.8 Å². The maximum absolute atomic E-state index is 13.5. The number of H-pyrrole nitrogens is 1. The molecule has 0 spiro atoms. The number of benzene rings is 2. The number of ether oxygens (including phenoxy) is 4. The molecule has 10 nitrogen and oxygen atoms in total. The van der Waals surface area contributed by atoms with Crippen molar-refractivity contribution in [1.82, 2.24) is 20.2 Å². The molecule has 2 aromatic carbocycles. The number of fused-ring (bicyclic) bond motifs is 2. The van der Waals surface area contributed by atoms with Crippen molar-refractivity contribution in [2.45, 2.75) is 19.9 Å². The first-order valence-corrected chi connectivity index (χ1v) is 12.8. The molecule has 39 heavy (non-hydrogen) atoms. The van der Waals surface area contributed by atoms with E-state index in [1.54, 1.807) is 40.7 Å². The molecule has 3 heterocycles. The largest absolute Gasteiger partial charge is 0.493 e. The smallest absolute Gasteiger partial charge is 0.259 e. The number of hydrogen-bond acceptors (Lipinski definition) is 7. The summed E-state index contributed by atoms with van der Waals surface area (Å²) in [4.78, 5) is 30.0. The van der Waals surface area contributed by atoms with Crippen molar-refractivity contribution in [1.29, 1.82) is 0 Å². The van der Waals surface area contributed by atoms with Gasteiger partial charge in [-0.1, -0.05) is 6.92 Å². The summed E-state index contributed by atoms with van der Waals surface area (Å²) in [5.74, 6) is 1.03. The van der Waals surface area contributed by atoms with Gasteiger partial charge in [0.15, 0.2) is 23.0 Å². The summed E-state index contributed by atoms with van der Waals surface area (Å²) in [6.07, 6.45) is 4.51. The zero-order valence-corrected chi connectivity index (χ0v) is 22.7. The molecule has 204 valence electrons. The van der Waals surface area contributed by atoms with Crippen molar-refractivity contribution in [2.24, 2.45) is 0 Å². The van der Waals surface area contributed by atoms with Crippen LogP contribution in [0, 0.1) is 0 Å². The Balaban J connectivity index is 1.81. The van der Waals surface area contributed by atoms with Gasteiger partial charge >= 0.3 is 0 Å². The number of amides is 2. The molecule has 1 aliphatic rings. The average Bonchev–Trinajstić information content (AvgIpc) is 3.62. The number of rotatable bonds is 11. The van der Waals surface area contributed by atoms with Gasteiger partial charge in [0, 0.05) is 30.1 Å². The van der Waals surface area contributed by atoms with Gasteiger partial charge in [-0.3, -0.25) is 14.9 Å². The summed E-state index contributed by atoms with van der Waals surface area (Å²) in [6.45, 7) is 4.51. The summed E-state index contributed by atoms with van der Waals surface area (Å²) >= 11 is 0. The van der Waals surface area contributed by atoms with Gasteiger partial charge in [0.25, 0.3) is 11.8 Å². The number of aryl methyl sites for hydroxylation is 1. The zero-order valence-electron chi connectivity index (χ0n) is 22.7. The summed E-state index contributed by atoms with van der Waals surface area (Å²) < 4.78 is 24.7. The fraction of sp³-hybridized carbons (Fsp3) is 0.310. The first kappa shape index (κ1) is 26.2. The second-order valence-corrected chi connectivity index (χ2v) is 9.10. The molecular formula is C29H32N4O6. The molecule has 0 saturated carbocycles. The zero-order chi connectivity index (χ0) is 27.7. The molecule has 0 unspecified atom stereocenters. The van der Waals surface area contributed by atoms with Crippen LogP contribution in [-0.2, 0) is 16.1 Å². The topological polar surface area (TPSA) is 116 Å². The predicted octanol–water partition coefficient (Wildman–Crippen LogP) is 3.72. The van der Waals surface area contributed by atoms with E-state index in [-0.39, 0.29) is 11.1 Å². The number of nitrogens with one attached hydrogen (secondary N) is 3. The summed E-state index contributed by atoms with van der Waals surface area (Å²) in [5, 5.41) is 7.19. The molecule has 10 heteroatoms. The lowest BCUT2D eigenvalue weighted by Crippen LogP contribution is -2.22. The summed E-state index contributed by atoms with van der Waals surface area (Å²) in [6, 6.07) is 7.42. The van der Waals surface area contributed by atoms with Gasteiger partial charge in [0.05, 0.1) is 61.4 Å². The highest BCUT2D eigenvalue weighted by Crippen LogP contribution is 2.46. The van der Waals surface area contributed by atoms with Crippen LogP contribution in [0.5, 0.6) is 23.0 Å². The van der Waals surface area contributed by atoms with E-state index in [1.165, 1.54) is 0 Å². The van der Waals surface area contributed by atoms with E-state index in [9.17, 15) is 9.59 Å². The molecule has 3 N–H and O–H groups in total. The van der Waals surface area contributed by atoms with Gasteiger partial charge in [-0.15, -0.1) is 0 Å². The standard InChI is InChI=1S/C29H32N4O6/c1-6-30-12-7-13-33-15-17(23-19(33)9-11-21(37-3)27(23)39-5)25-24(28(34)32-29(25)35)16-14-31-18-8-10-20(36-2)26(38-4)22(16)18/h8-11,14-15,30-31H,6-7,12-13H2,1-5H3,(H,32,34,35). The van der Waals surface area contributed by atoms with E-state index in [0.29, 0.717) is 51.4 Å².